The number of nitrogens with zero attached hydrogens (tertiary/aromatic N) is 2. The number of aryl methyl sites for hydroxylation is 2. The van der Waals surface area contributed by atoms with Crippen LogP contribution < -0.4 is 16.4 Å². The molecule has 8 nitrogen and oxygen atoms in total. The van der Waals surface area contributed by atoms with E-state index in [-0.39, 0.29) is 17.8 Å². The first-order chi connectivity index (χ1) is 18.1. The summed E-state index contributed by atoms with van der Waals surface area (Å²) >= 11 is 0. The Morgan fingerprint density at radius 2 is 1.57 bits per heavy atom. The molecule has 1 aliphatic rings. The van der Waals surface area contributed by atoms with E-state index in [0.29, 0.717) is 16.3 Å². The van der Waals surface area contributed by atoms with E-state index in [1.807, 2.05) is 42.5 Å². The van der Waals surface area contributed by atoms with Crippen molar-refractivity contribution in [3.63, 3.8) is 0 Å². The molecule has 3 aromatic carbocycles. The van der Waals surface area contributed by atoms with Crippen molar-refractivity contribution in [2.75, 3.05) is 0 Å². The van der Waals surface area contributed by atoms with Crippen LogP contribution in [0.15, 0.2) is 77.6 Å². The molecular formula is C29H25N5O3. The van der Waals surface area contributed by atoms with Gasteiger partial charge in [0, 0.05) is 27.5 Å². The van der Waals surface area contributed by atoms with E-state index < -0.39 is 11.8 Å². The van der Waals surface area contributed by atoms with Crippen LogP contribution in [-0.4, -0.2) is 26.6 Å². The van der Waals surface area contributed by atoms with Gasteiger partial charge in [0.25, 0.3) is 17.4 Å². The molecule has 3 N–H and O–H groups in total. The van der Waals surface area contributed by atoms with Gasteiger partial charge < -0.3 is 4.98 Å². The highest BCUT2D eigenvalue weighted by Crippen LogP contribution is 2.29. The van der Waals surface area contributed by atoms with Crippen LogP contribution >= 0.6 is 0 Å². The van der Waals surface area contributed by atoms with E-state index in [0.717, 1.165) is 35.7 Å². The number of amides is 2. The van der Waals surface area contributed by atoms with Gasteiger partial charge in [0.1, 0.15) is 0 Å². The zero-order chi connectivity index (χ0) is 25.4. The smallest absolute Gasteiger partial charge is 0.290 e. The molecule has 0 saturated heterocycles. The summed E-state index contributed by atoms with van der Waals surface area (Å²) < 4.78 is 1.28. The minimum absolute atomic E-state index is 0.0570. The summed E-state index contributed by atoms with van der Waals surface area (Å²) in [6.45, 7) is 0.220. The predicted octanol–water partition coefficient (Wildman–Crippen LogP) is 3.88. The zero-order valence-corrected chi connectivity index (χ0v) is 20.1. The largest absolute Gasteiger partial charge is 0.358 e. The van der Waals surface area contributed by atoms with Crippen molar-refractivity contribution in [1.82, 2.24) is 25.6 Å². The van der Waals surface area contributed by atoms with Crippen molar-refractivity contribution in [2.45, 2.75) is 32.2 Å². The number of carbonyl (C=O) groups is 2. The van der Waals surface area contributed by atoms with Gasteiger partial charge in [0.15, 0.2) is 5.69 Å². The van der Waals surface area contributed by atoms with Crippen molar-refractivity contribution >= 4 is 33.5 Å². The molecule has 2 heterocycles. The summed E-state index contributed by atoms with van der Waals surface area (Å²) in [4.78, 5) is 42.6. The quantitative estimate of drug-likeness (QED) is 0.332. The molecule has 184 valence electrons. The third-order valence-electron chi connectivity index (χ3n) is 6.91. The number of fused-ring (bicyclic) bond motifs is 4. The molecule has 0 saturated carbocycles. The Hall–Kier alpha value is -4.72. The number of rotatable bonds is 4. The van der Waals surface area contributed by atoms with Crippen LogP contribution in [-0.2, 0) is 19.4 Å². The highest BCUT2D eigenvalue weighted by Gasteiger charge is 2.19. The molecule has 2 aromatic heterocycles. The Balaban J connectivity index is 1.26. The summed E-state index contributed by atoms with van der Waals surface area (Å²) in [6, 6.07) is 21.8. The Labute approximate surface area is 212 Å². The van der Waals surface area contributed by atoms with Crippen LogP contribution in [0.25, 0.3) is 21.7 Å². The lowest BCUT2D eigenvalue weighted by Gasteiger charge is -2.12. The molecule has 37 heavy (non-hydrogen) atoms. The molecule has 0 bridgehead atoms. The number of hydrazine groups is 1. The number of benzene rings is 3. The van der Waals surface area contributed by atoms with Crippen LogP contribution in [0.3, 0.4) is 0 Å². The summed E-state index contributed by atoms with van der Waals surface area (Å²) in [5, 5.41) is 6.22. The van der Waals surface area contributed by atoms with Crippen LogP contribution in [0, 0.1) is 0 Å². The van der Waals surface area contributed by atoms with Crippen molar-refractivity contribution < 1.29 is 9.59 Å². The number of hydrogen-bond donors (Lipinski definition) is 3. The Morgan fingerprint density at radius 1 is 0.838 bits per heavy atom. The Kier molecular flexibility index (Phi) is 5.76. The Morgan fingerprint density at radius 3 is 2.41 bits per heavy atom. The van der Waals surface area contributed by atoms with Crippen LogP contribution in [0.2, 0.25) is 0 Å². The lowest BCUT2D eigenvalue weighted by molar-refractivity contribution is 0.0844. The van der Waals surface area contributed by atoms with Gasteiger partial charge in [-0.1, -0.05) is 48.5 Å². The molecule has 2 amide bonds. The lowest BCUT2D eigenvalue weighted by atomic mass is 9.95. The maximum absolute atomic E-state index is 13.2. The minimum Gasteiger partial charge on any atom is -0.358 e. The molecule has 0 atom stereocenters. The highest BCUT2D eigenvalue weighted by molar-refractivity contribution is 6.06. The van der Waals surface area contributed by atoms with E-state index in [4.69, 9.17) is 0 Å². The molecule has 1 aliphatic carbocycles. The average molecular weight is 492 g/mol. The van der Waals surface area contributed by atoms with Crippen LogP contribution in [0.5, 0.6) is 0 Å². The van der Waals surface area contributed by atoms with Crippen molar-refractivity contribution in [2.24, 2.45) is 0 Å². The highest BCUT2D eigenvalue weighted by atomic mass is 16.2. The molecule has 8 heteroatoms. The third-order valence-corrected chi connectivity index (χ3v) is 6.91. The first-order valence-corrected chi connectivity index (χ1v) is 12.4. The van der Waals surface area contributed by atoms with E-state index >= 15 is 0 Å². The fourth-order valence-electron chi connectivity index (χ4n) is 5.06. The van der Waals surface area contributed by atoms with E-state index in [1.165, 1.54) is 22.4 Å². The summed E-state index contributed by atoms with van der Waals surface area (Å²) in [6.07, 6.45) is 4.32. The third kappa shape index (κ3) is 4.27. The number of nitrogens with one attached hydrogen (secondary N) is 3. The van der Waals surface area contributed by atoms with Crippen molar-refractivity contribution in [3.8, 4) is 0 Å². The second-order valence-corrected chi connectivity index (χ2v) is 9.30. The minimum atomic E-state index is -0.605. The summed E-state index contributed by atoms with van der Waals surface area (Å²) in [7, 11) is 0. The zero-order valence-electron chi connectivity index (χ0n) is 20.1. The van der Waals surface area contributed by atoms with Gasteiger partial charge in [0.05, 0.1) is 11.9 Å². The SMILES string of the molecule is O=C(NNC(=O)c1nn(Cc2ccccc2)c(=O)c2ccccc12)c1ccc2[nH]c3c(c2c1)CCCC3. The van der Waals surface area contributed by atoms with Crippen molar-refractivity contribution in [3.05, 3.63) is 111 Å². The van der Waals surface area contributed by atoms with Gasteiger partial charge in [-0.3, -0.25) is 25.2 Å². The standard InChI is InChI=1S/C29H25N5O3/c35-27(19-14-15-25-23(16-19)20-10-6-7-13-24(20)30-25)31-32-28(36)26-21-11-4-5-12-22(21)29(37)34(33-26)17-18-8-2-1-3-9-18/h1-5,8-9,11-12,14-16,30H,6-7,10,13,17H2,(H,31,35)(H,32,36). The average Bonchev–Trinajstić information content (AvgIpc) is 3.31. The number of hydrogen-bond acceptors (Lipinski definition) is 4. The van der Waals surface area contributed by atoms with Crippen LogP contribution in [0.4, 0.5) is 0 Å². The summed E-state index contributed by atoms with van der Waals surface area (Å²) in [5.41, 5.74) is 9.63. The molecule has 5 aromatic rings. The molecule has 6 rings (SSSR count). The normalized spacial score (nSPS) is 12.9. The van der Waals surface area contributed by atoms with Gasteiger partial charge in [0.2, 0.25) is 0 Å². The number of aromatic amines is 1. The van der Waals surface area contributed by atoms with Gasteiger partial charge in [-0.15, -0.1) is 0 Å². The van der Waals surface area contributed by atoms with Gasteiger partial charge >= 0.3 is 0 Å². The van der Waals surface area contributed by atoms with Crippen LogP contribution in [0.1, 0.15) is 50.5 Å². The molecule has 0 aliphatic heterocycles. The first kappa shape index (κ1) is 22.7. The summed E-state index contributed by atoms with van der Waals surface area (Å²) in [5.74, 6) is -1.03. The van der Waals surface area contributed by atoms with Gasteiger partial charge in [-0.25, -0.2) is 4.68 Å². The second kappa shape index (κ2) is 9.39. The fourth-order valence-corrected chi connectivity index (χ4v) is 5.06. The Bertz CT molecular complexity index is 1720. The van der Waals surface area contributed by atoms with Crippen molar-refractivity contribution in [1.29, 1.82) is 0 Å². The molecular weight excluding hydrogens is 466 g/mol. The first-order valence-electron chi connectivity index (χ1n) is 12.4. The molecule has 0 radical (unpaired) electrons. The molecule has 0 unspecified atom stereocenters. The predicted molar refractivity (Wildman–Crippen MR) is 141 cm³/mol. The number of carbonyl (C=O) groups excluding carboxylic acids is 2. The van der Waals surface area contributed by atoms with Gasteiger partial charge in [-0.2, -0.15) is 5.10 Å². The molecule has 0 fully saturated rings. The number of aromatic nitrogens is 3. The lowest BCUT2D eigenvalue weighted by Crippen LogP contribution is -2.42. The topological polar surface area (TPSA) is 109 Å². The molecule has 0 spiro atoms. The maximum Gasteiger partial charge on any atom is 0.290 e. The second-order valence-electron chi connectivity index (χ2n) is 9.30. The number of H-pyrrole nitrogens is 1. The van der Waals surface area contributed by atoms with E-state index in [9.17, 15) is 14.4 Å². The monoisotopic (exact) mass is 491 g/mol. The van der Waals surface area contributed by atoms with Gasteiger partial charge in [-0.05, 0) is 61.1 Å². The van der Waals surface area contributed by atoms with E-state index in [1.54, 1.807) is 30.3 Å². The maximum atomic E-state index is 13.2. The fraction of sp³-hybridized carbons (Fsp3) is 0.172. The van der Waals surface area contributed by atoms with E-state index in [2.05, 4.69) is 20.9 Å².